The van der Waals surface area contributed by atoms with Crippen LogP contribution < -0.4 is 0 Å². The molecule has 1 N–H and O–H groups in total. The molecule has 9 heteroatoms. The lowest BCUT2D eigenvalue weighted by Crippen LogP contribution is -2.40. The molecule has 550 valence electrons. The average molecular weight is 1320 g/mol. The van der Waals surface area contributed by atoms with Crippen molar-refractivity contribution in [3.63, 3.8) is 0 Å². The van der Waals surface area contributed by atoms with Gasteiger partial charge < -0.3 is 28.5 Å². The predicted octanol–water partition coefficient (Wildman–Crippen LogP) is 26.2. The molecular formula is C85H158NO8+. The third kappa shape index (κ3) is 76.4. The number of allylic oxidation sites excluding steroid dienone is 10. The van der Waals surface area contributed by atoms with Crippen molar-refractivity contribution in [2.45, 2.75) is 418 Å². The first kappa shape index (κ1) is 91.0. The van der Waals surface area contributed by atoms with Gasteiger partial charge in [-0.3, -0.25) is 9.59 Å². The molecule has 2 unspecified atom stereocenters. The van der Waals surface area contributed by atoms with Crippen LogP contribution in [0.2, 0.25) is 0 Å². The number of aliphatic carboxylic acids is 1. The molecule has 0 heterocycles. The molecule has 0 aromatic carbocycles. The molecule has 9 nitrogen and oxygen atoms in total. The van der Waals surface area contributed by atoms with E-state index >= 15 is 0 Å². The normalized spacial score (nSPS) is 12.9. The highest BCUT2D eigenvalue weighted by atomic mass is 16.7. The minimum absolute atomic E-state index is 0.179. The van der Waals surface area contributed by atoms with Crippen LogP contribution in [0.4, 0.5) is 0 Å². The van der Waals surface area contributed by atoms with Gasteiger partial charge >= 0.3 is 17.9 Å². The molecule has 0 amide bonds. The molecule has 0 rings (SSSR count). The van der Waals surface area contributed by atoms with Crippen molar-refractivity contribution < 1.29 is 42.9 Å². The Morgan fingerprint density at radius 1 is 0.330 bits per heavy atom. The molecule has 0 aliphatic heterocycles. The molecule has 0 radical (unpaired) electrons. The summed E-state index contributed by atoms with van der Waals surface area (Å²) in [4.78, 5) is 37.7. The van der Waals surface area contributed by atoms with Crippen LogP contribution in [0.1, 0.15) is 406 Å². The van der Waals surface area contributed by atoms with Gasteiger partial charge in [-0.05, 0) is 57.8 Å². The maximum absolute atomic E-state index is 13.0. The van der Waals surface area contributed by atoms with Crippen LogP contribution in [-0.2, 0) is 33.3 Å². The molecule has 0 saturated carbocycles. The fourth-order valence-corrected chi connectivity index (χ4v) is 12.3. The minimum atomic E-state index is -1.51. The van der Waals surface area contributed by atoms with Gasteiger partial charge in [-0.1, -0.05) is 396 Å². The lowest BCUT2D eigenvalue weighted by Gasteiger charge is -2.25. The smallest absolute Gasteiger partial charge is 0.361 e. The minimum Gasteiger partial charge on any atom is -0.477 e. The maximum atomic E-state index is 13.0. The maximum Gasteiger partial charge on any atom is 0.361 e. The Morgan fingerprint density at radius 2 is 0.606 bits per heavy atom. The van der Waals surface area contributed by atoms with Crippen molar-refractivity contribution >= 4 is 17.9 Å². The molecule has 0 spiro atoms. The monoisotopic (exact) mass is 1320 g/mol. The van der Waals surface area contributed by atoms with E-state index in [0.717, 1.165) is 70.6 Å². The van der Waals surface area contributed by atoms with Gasteiger partial charge in [-0.25, -0.2) is 4.79 Å². The quantitative estimate of drug-likeness (QED) is 0.0211. The number of esters is 2. The number of rotatable bonds is 77. The van der Waals surface area contributed by atoms with Crippen molar-refractivity contribution in [3.05, 3.63) is 60.8 Å². The highest BCUT2D eigenvalue weighted by Crippen LogP contribution is 2.20. The summed E-state index contributed by atoms with van der Waals surface area (Å²) in [7, 11) is 5.99. The highest BCUT2D eigenvalue weighted by molar-refractivity contribution is 5.71. The van der Waals surface area contributed by atoms with Crippen molar-refractivity contribution in [3.8, 4) is 0 Å². The van der Waals surface area contributed by atoms with Gasteiger partial charge in [0.25, 0.3) is 6.29 Å². The van der Waals surface area contributed by atoms with Crippen LogP contribution in [-0.4, -0.2) is 87.4 Å². The third-order valence-electron chi connectivity index (χ3n) is 18.5. The van der Waals surface area contributed by atoms with Gasteiger partial charge in [-0.2, -0.15) is 0 Å². The fourth-order valence-electron chi connectivity index (χ4n) is 12.3. The number of hydrogen-bond acceptors (Lipinski definition) is 7. The van der Waals surface area contributed by atoms with E-state index in [2.05, 4.69) is 74.6 Å². The largest absolute Gasteiger partial charge is 0.477 e. The Morgan fingerprint density at radius 3 is 0.904 bits per heavy atom. The van der Waals surface area contributed by atoms with E-state index in [1.165, 1.54) is 308 Å². The SMILES string of the molecule is CC/C=C\C/C=C\C/C=C\C/C=C\C/C=C\CCCCCCCCCCCCCCCC(=O)OC(COC(=O)CCCCCCCCCCCCCCCCCCCCCCCCCCCCCCCCCCCCCCCCCC)COC(OCC[N+](C)(C)C)C(=O)O. The van der Waals surface area contributed by atoms with Gasteiger partial charge in [0.15, 0.2) is 6.10 Å². The summed E-state index contributed by atoms with van der Waals surface area (Å²) < 4.78 is 23.1. The number of unbranched alkanes of at least 4 members (excludes halogenated alkanes) is 52. The van der Waals surface area contributed by atoms with Crippen LogP contribution in [0.5, 0.6) is 0 Å². The van der Waals surface area contributed by atoms with Gasteiger partial charge in [-0.15, -0.1) is 0 Å². The van der Waals surface area contributed by atoms with Crippen LogP contribution in [0.25, 0.3) is 0 Å². The fraction of sp³-hybridized carbons (Fsp3) is 0.847. The molecule has 0 aliphatic carbocycles. The molecular weight excluding hydrogens is 1160 g/mol. The van der Waals surface area contributed by atoms with Crippen molar-refractivity contribution in [2.24, 2.45) is 0 Å². The average Bonchev–Trinajstić information content (AvgIpc) is 3.72. The number of hydrogen-bond donors (Lipinski definition) is 1. The topological polar surface area (TPSA) is 108 Å². The second-order valence-corrected chi connectivity index (χ2v) is 29.1. The first-order valence-corrected chi connectivity index (χ1v) is 41.0. The summed E-state index contributed by atoms with van der Waals surface area (Å²) in [5, 5.41) is 9.77. The van der Waals surface area contributed by atoms with Crippen LogP contribution in [0, 0.1) is 0 Å². The first-order valence-electron chi connectivity index (χ1n) is 41.0. The van der Waals surface area contributed by atoms with Gasteiger partial charge in [0.2, 0.25) is 0 Å². The second kappa shape index (κ2) is 75.8. The summed E-state index contributed by atoms with van der Waals surface area (Å²) in [6, 6.07) is 0. The molecule has 0 aromatic heterocycles. The van der Waals surface area contributed by atoms with Gasteiger partial charge in [0.1, 0.15) is 13.2 Å². The molecule has 0 aromatic rings. The molecule has 0 bridgehead atoms. The summed E-state index contributed by atoms with van der Waals surface area (Å²) >= 11 is 0. The van der Waals surface area contributed by atoms with Crippen molar-refractivity contribution in [2.75, 3.05) is 47.5 Å². The number of ether oxygens (including phenoxy) is 4. The van der Waals surface area contributed by atoms with Gasteiger partial charge in [0, 0.05) is 12.8 Å². The lowest BCUT2D eigenvalue weighted by atomic mass is 10.0. The van der Waals surface area contributed by atoms with Crippen LogP contribution in [0.3, 0.4) is 0 Å². The van der Waals surface area contributed by atoms with Crippen LogP contribution in [0.15, 0.2) is 60.8 Å². The molecule has 0 fully saturated rings. The van der Waals surface area contributed by atoms with E-state index in [9.17, 15) is 19.5 Å². The number of carbonyl (C=O) groups is 3. The van der Waals surface area contributed by atoms with Crippen LogP contribution >= 0.6 is 0 Å². The zero-order valence-corrected chi connectivity index (χ0v) is 63.1. The molecule has 0 aliphatic rings. The number of likely N-dealkylation sites (N-methyl/N-ethyl adjacent to an activating group) is 1. The summed E-state index contributed by atoms with van der Waals surface area (Å²) in [5.74, 6) is -1.98. The molecule has 94 heavy (non-hydrogen) atoms. The van der Waals surface area contributed by atoms with E-state index in [1.54, 1.807) is 0 Å². The predicted molar refractivity (Wildman–Crippen MR) is 406 cm³/mol. The van der Waals surface area contributed by atoms with E-state index in [4.69, 9.17) is 18.9 Å². The lowest BCUT2D eigenvalue weighted by molar-refractivity contribution is -0.870. The number of carboxylic acids is 1. The van der Waals surface area contributed by atoms with E-state index in [1.807, 2.05) is 21.1 Å². The van der Waals surface area contributed by atoms with Crippen molar-refractivity contribution in [1.29, 1.82) is 0 Å². The number of quaternary nitrogens is 1. The van der Waals surface area contributed by atoms with Crippen molar-refractivity contribution in [1.82, 2.24) is 0 Å². The number of nitrogens with zero attached hydrogens (tertiary/aromatic N) is 1. The Bertz CT molecular complexity index is 1730. The highest BCUT2D eigenvalue weighted by Gasteiger charge is 2.25. The Labute approximate surface area is 584 Å². The second-order valence-electron chi connectivity index (χ2n) is 29.1. The van der Waals surface area contributed by atoms with Gasteiger partial charge in [0.05, 0.1) is 34.4 Å². The number of carboxylic acid groups (broad SMARTS) is 1. The standard InChI is InChI=1S/C85H157NO8/c1-6-8-10-12-14-16-18-20-22-24-26-28-30-32-34-36-37-38-39-40-41-42-43-44-45-46-48-49-51-53-55-57-59-61-63-65-67-69-71-73-75-82(87)92-79-81(80-93-85(84(89)90)91-78-77-86(3,4)5)94-83(88)76-74-72-70-68-66-64-62-60-58-56-54-52-50-47-35-33-31-29-27-25-23-21-19-17-15-13-11-9-7-2/h9,11,15,17,21,23,27,29,33,35,81,85H,6-8,10,12-14,16,18-20,22,24-26,28,30-32,34,36-80H2,1-5H3/p+1/b11-9-,17-15-,23-21-,29-27-,35-33-. The molecule has 0 saturated heterocycles. The Kier molecular flexibility index (Phi) is 73.3. The molecule has 2 atom stereocenters. The third-order valence-corrected chi connectivity index (χ3v) is 18.5. The zero-order chi connectivity index (χ0) is 68.2. The van der Waals surface area contributed by atoms with E-state index < -0.39 is 24.3 Å². The summed E-state index contributed by atoms with van der Waals surface area (Å²) in [6.07, 6.45) is 98.3. The Balaban J connectivity index is 3.94. The van der Waals surface area contributed by atoms with E-state index in [-0.39, 0.29) is 32.2 Å². The first-order chi connectivity index (χ1) is 46.1. The van der Waals surface area contributed by atoms with E-state index in [0.29, 0.717) is 17.4 Å². The Hall–Kier alpha value is -3.01. The zero-order valence-electron chi connectivity index (χ0n) is 63.1. The summed E-state index contributed by atoms with van der Waals surface area (Å²) in [6.45, 7) is 4.83. The number of carbonyl (C=O) groups excluding carboxylic acids is 2. The summed E-state index contributed by atoms with van der Waals surface area (Å²) in [5.41, 5.74) is 0.